The molecule has 100 valence electrons. The van der Waals surface area contributed by atoms with Gasteiger partial charge in [0.1, 0.15) is 12.3 Å². The van der Waals surface area contributed by atoms with E-state index in [9.17, 15) is 14.4 Å². The lowest BCUT2D eigenvalue weighted by Gasteiger charge is -2.15. The van der Waals surface area contributed by atoms with Crippen LogP contribution in [0.15, 0.2) is 42.5 Å². The number of methoxy groups -OCH3 is 1. The van der Waals surface area contributed by atoms with Crippen LogP contribution < -0.4 is 5.32 Å². The van der Waals surface area contributed by atoms with Crippen LogP contribution in [-0.2, 0) is 25.5 Å². The van der Waals surface area contributed by atoms with Gasteiger partial charge in [0.25, 0.3) is 0 Å². The first-order chi connectivity index (χ1) is 9.17. The number of nitrogens with one attached hydrogen (secondary N) is 1. The maximum atomic E-state index is 11.6. The van der Waals surface area contributed by atoms with Crippen LogP contribution in [0.2, 0.25) is 0 Å². The Morgan fingerprint density at radius 1 is 1.32 bits per heavy atom. The summed E-state index contributed by atoms with van der Waals surface area (Å²) in [5.74, 6) is -1.05. The number of carbonyl (C=O) groups excluding carboxylic acids is 3. The van der Waals surface area contributed by atoms with Crippen molar-refractivity contribution < 1.29 is 19.1 Å². The maximum absolute atomic E-state index is 11.6. The molecule has 1 unspecified atom stereocenters. The molecule has 0 heterocycles. The second kappa shape index (κ2) is 7.81. The Morgan fingerprint density at radius 2 is 2.00 bits per heavy atom. The average molecular weight is 261 g/mol. The van der Waals surface area contributed by atoms with Gasteiger partial charge in [0.15, 0.2) is 0 Å². The van der Waals surface area contributed by atoms with Gasteiger partial charge >= 0.3 is 5.97 Å². The Labute approximate surface area is 111 Å². The molecule has 1 N–H and O–H groups in total. The van der Waals surface area contributed by atoms with Crippen molar-refractivity contribution in [3.63, 3.8) is 0 Å². The van der Waals surface area contributed by atoms with E-state index in [1.165, 1.54) is 7.11 Å². The van der Waals surface area contributed by atoms with Crippen molar-refractivity contribution in [1.82, 2.24) is 5.32 Å². The average Bonchev–Trinajstić information content (AvgIpc) is 2.44. The van der Waals surface area contributed by atoms with Gasteiger partial charge in [0, 0.05) is 12.5 Å². The molecule has 0 fully saturated rings. The predicted octanol–water partition coefficient (Wildman–Crippen LogP) is 0.642. The van der Waals surface area contributed by atoms with Gasteiger partial charge in [0.2, 0.25) is 5.91 Å². The Morgan fingerprint density at radius 3 is 2.58 bits per heavy atom. The SMILES string of the molecule is COC(=O)C(Cc1ccccc1)NC(=O)/C=C\C=O. The van der Waals surface area contributed by atoms with Crippen molar-refractivity contribution in [2.45, 2.75) is 12.5 Å². The molecular formula is C14H15NO4. The first kappa shape index (κ1) is 14.6. The van der Waals surface area contributed by atoms with Gasteiger partial charge in [-0.15, -0.1) is 0 Å². The summed E-state index contributed by atoms with van der Waals surface area (Å²) in [6.07, 6.45) is 2.94. The van der Waals surface area contributed by atoms with Crippen LogP contribution in [0, 0.1) is 0 Å². The Balaban J connectivity index is 2.72. The lowest BCUT2D eigenvalue weighted by molar-refractivity contribution is -0.144. The quantitative estimate of drug-likeness (QED) is 0.463. The highest BCUT2D eigenvalue weighted by Crippen LogP contribution is 2.04. The normalized spacial score (nSPS) is 11.8. The van der Waals surface area contributed by atoms with Gasteiger partial charge in [0.05, 0.1) is 7.11 Å². The van der Waals surface area contributed by atoms with Gasteiger partial charge in [-0.3, -0.25) is 9.59 Å². The van der Waals surface area contributed by atoms with E-state index in [1.807, 2.05) is 30.3 Å². The van der Waals surface area contributed by atoms with Crippen molar-refractivity contribution in [2.75, 3.05) is 7.11 Å². The molecule has 5 nitrogen and oxygen atoms in total. The first-order valence-corrected chi connectivity index (χ1v) is 5.71. The molecule has 0 aliphatic rings. The minimum Gasteiger partial charge on any atom is -0.467 e. The number of hydrogen-bond donors (Lipinski definition) is 1. The summed E-state index contributed by atoms with van der Waals surface area (Å²) in [4.78, 5) is 33.2. The van der Waals surface area contributed by atoms with Crippen LogP contribution in [0.1, 0.15) is 5.56 Å². The summed E-state index contributed by atoms with van der Waals surface area (Å²) < 4.78 is 4.64. The number of rotatable bonds is 6. The van der Waals surface area contributed by atoms with E-state index in [0.717, 1.165) is 17.7 Å². The smallest absolute Gasteiger partial charge is 0.328 e. The molecule has 0 bridgehead atoms. The molecule has 0 aliphatic carbocycles. The number of hydrogen-bond acceptors (Lipinski definition) is 4. The van der Waals surface area contributed by atoms with E-state index in [4.69, 9.17) is 0 Å². The predicted molar refractivity (Wildman–Crippen MR) is 69.3 cm³/mol. The van der Waals surface area contributed by atoms with Gasteiger partial charge in [-0.05, 0) is 11.6 Å². The minimum absolute atomic E-state index is 0.328. The lowest BCUT2D eigenvalue weighted by Crippen LogP contribution is -2.42. The molecule has 1 atom stereocenters. The van der Waals surface area contributed by atoms with Crippen molar-refractivity contribution in [1.29, 1.82) is 0 Å². The molecule has 1 amide bonds. The van der Waals surface area contributed by atoms with Crippen molar-refractivity contribution in [3.05, 3.63) is 48.0 Å². The topological polar surface area (TPSA) is 72.5 Å². The fourth-order valence-electron chi connectivity index (χ4n) is 1.53. The molecule has 1 rings (SSSR count). The third kappa shape index (κ3) is 5.16. The molecule has 0 saturated heterocycles. The molecule has 19 heavy (non-hydrogen) atoms. The van der Waals surface area contributed by atoms with E-state index in [2.05, 4.69) is 10.1 Å². The Kier molecular flexibility index (Phi) is 6.02. The molecule has 5 heteroatoms. The minimum atomic E-state index is -0.781. The summed E-state index contributed by atoms with van der Waals surface area (Å²) in [6, 6.07) is 8.47. The van der Waals surface area contributed by atoms with E-state index >= 15 is 0 Å². The number of esters is 1. The van der Waals surface area contributed by atoms with Crippen LogP contribution in [0.3, 0.4) is 0 Å². The zero-order chi connectivity index (χ0) is 14.1. The molecule has 0 aromatic heterocycles. The second-order valence-electron chi connectivity index (χ2n) is 3.77. The first-order valence-electron chi connectivity index (χ1n) is 5.71. The highest BCUT2D eigenvalue weighted by molar-refractivity contribution is 5.93. The molecule has 1 aromatic carbocycles. The summed E-state index contributed by atoms with van der Waals surface area (Å²) in [7, 11) is 1.26. The fraction of sp³-hybridized carbons (Fsp3) is 0.214. The van der Waals surface area contributed by atoms with E-state index in [-0.39, 0.29) is 0 Å². The zero-order valence-corrected chi connectivity index (χ0v) is 10.5. The highest BCUT2D eigenvalue weighted by atomic mass is 16.5. The Hall–Kier alpha value is -2.43. The highest BCUT2D eigenvalue weighted by Gasteiger charge is 2.20. The molecular weight excluding hydrogens is 246 g/mol. The summed E-state index contributed by atoms with van der Waals surface area (Å²) >= 11 is 0. The number of ether oxygens (including phenoxy) is 1. The lowest BCUT2D eigenvalue weighted by atomic mass is 10.1. The summed E-state index contributed by atoms with van der Waals surface area (Å²) in [5.41, 5.74) is 0.901. The number of amides is 1. The van der Waals surface area contributed by atoms with Gasteiger partial charge in [-0.1, -0.05) is 30.3 Å². The van der Waals surface area contributed by atoms with Crippen molar-refractivity contribution >= 4 is 18.2 Å². The van der Waals surface area contributed by atoms with Crippen LogP contribution in [0.5, 0.6) is 0 Å². The summed E-state index contributed by atoms with van der Waals surface area (Å²) in [6.45, 7) is 0. The molecule has 0 aliphatic heterocycles. The third-order valence-electron chi connectivity index (χ3n) is 2.41. The Bertz CT molecular complexity index is 468. The molecule has 0 radical (unpaired) electrons. The van der Waals surface area contributed by atoms with Gasteiger partial charge in [-0.2, -0.15) is 0 Å². The van der Waals surface area contributed by atoms with Gasteiger partial charge < -0.3 is 10.1 Å². The van der Waals surface area contributed by atoms with Crippen LogP contribution >= 0.6 is 0 Å². The van der Waals surface area contributed by atoms with Crippen molar-refractivity contribution in [3.8, 4) is 0 Å². The molecule has 0 spiro atoms. The molecule has 1 aromatic rings. The number of allylic oxidation sites excluding steroid dienone is 1. The van der Waals surface area contributed by atoms with E-state index in [0.29, 0.717) is 12.7 Å². The maximum Gasteiger partial charge on any atom is 0.328 e. The number of carbonyl (C=O) groups is 3. The monoisotopic (exact) mass is 261 g/mol. The van der Waals surface area contributed by atoms with Crippen LogP contribution in [0.25, 0.3) is 0 Å². The van der Waals surface area contributed by atoms with E-state index < -0.39 is 17.9 Å². The van der Waals surface area contributed by atoms with Crippen molar-refractivity contribution in [2.24, 2.45) is 0 Å². The zero-order valence-electron chi connectivity index (χ0n) is 10.5. The standard InChI is InChI=1S/C14H15NO4/c1-19-14(18)12(15-13(17)8-5-9-16)10-11-6-3-2-4-7-11/h2-9,12H,10H2,1H3,(H,15,17)/b8-5-. The molecule has 0 saturated carbocycles. The van der Waals surface area contributed by atoms with E-state index in [1.54, 1.807) is 0 Å². The largest absolute Gasteiger partial charge is 0.467 e. The van der Waals surface area contributed by atoms with Gasteiger partial charge in [-0.25, -0.2) is 4.79 Å². The third-order valence-corrected chi connectivity index (χ3v) is 2.41. The van der Waals surface area contributed by atoms with Crippen LogP contribution in [-0.4, -0.2) is 31.3 Å². The number of benzene rings is 1. The van der Waals surface area contributed by atoms with Crippen LogP contribution in [0.4, 0.5) is 0 Å². The fourth-order valence-corrected chi connectivity index (χ4v) is 1.53. The number of aldehydes is 1. The summed E-state index contributed by atoms with van der Waals surface area (Å²) in [5, 5.41) is 2.49. The second-order valence-corrected chi connectivity index (χ2v) is 3.77.